The van der Waals surface area contributed by atoms with Gasteiger partial charge in [0.25, 0.3) is 0 Å². The molecular formula is C12H19N. The smallest absolute Gasteiger partial charge is 0.00189 e. The Bertz CT molecular complexity index is 209. The average molecular weight is 177 g/mol. The van der Waals surface area contributed by atoms with Crippen molar-refractivity contribution in [2.45, 2.75) is 19.3 Å². The van der Waals surface area contributed by atoms with E-state index in [2.05, 4.69) is 36.3 Å². The fourth-order valence-corrected chi connectivity index (χ4v) is 2.41. The molecule has 0 spiro atoms. The van der Waals surface area contributed by atoms with E-state index >= 15 is 0 Å². The molecule has 0 aromatic carbocycles. The Morgan fingerprint density at radius 1 is 1.15 bits per heavy atom. The predicted molar refractivity (Wildman–Crippen MR) is 56.6 cm³/mol. The second kappa shape index (κ2) is 4.10. The van der Waals surface area contributed by atoms with Gasteiger partial charge in [0.05, 0.1) is 0 Å². The van der Waals surface area contributed by atoms with Crippen LogP contribution in [0.2, 0.25) is 0 Å². The molecule has 0 amide bonds. The molecular weight excluding hydrogens is 158 g/mol. The Morgan fingerprint density at radius 2 is 1.92 bits per heavy atom. The minimum Gasteiger partial charge on any atom is -0.306 e. The van der Waals surface area contributed by atoms with Crippen LogP contribution in [0.25, 0.3) is 0 Å². The van der Waals surface area contributed by atoms with Crippen LogP contribution in [0, 0.1) is 11.8 Å². The molecule has 1 heterocycles. The minimum atomic E-state index is 0.832. The maximum atomic E-state index is 2.44. The molecule has 1 fully saturated rings. The highest BCUT2D eigenvalue weighted by molar-refractivity contribution is 5.12. The Kier molecular flexibility index (Phi) is 2.84. The Balaban J connectivity index is 1.87. The number of nitrogens with zero attached hydrogens (tertiary/aromatic N) is 1. The molecule has 1 nitrogen and oxygen atoms in total. The van der Waals surface area contributed by atoms with Crippen LogP contribution in [0.3, 0.4) is 0 Å². The summed E-state index contributed by atoms with van der Waals surface area (Å²) in [5.74, 6) is 1.77. The minimum absolute atomic E-state index is 0.832. The first kappa shape index (κ1) is 9.01. The van der Waals surface area contributed by atoms with Crippen molar-refractivity contribution in [3.05, 3.63) is 24.3 Å². The summed E-state index contributed by atoms with van der Waals surface area (Å²) >= 11 is 0. The van der Waals surface area contributed by atoms with E-state index < -0.39 is 0 Å². The van der Waals surface area contributed by atoms with Crippen molar-refractivity contribution in [3.63, 3.8) is 0 Å². The molecule has 1 aliphatic carbocycles. The molecule has 0 bridgehead atoms. The number of hydrogen-bond donors (Lipinski definition) is 0. The largest absolute Gasteiger partial charge is 0.306 e. The summed E-state index contributed by atoms with van der Waals surface area (Å²) in [5.41, 5.74) is 0. The summed E-state index contributed by atoms with van der Waals surface area (Å²) in [6.45, 7) is 2.58. The monoisotopic (exact) mass is 177 g/mol. The zero-order chi connectivity index (χ0) is 9.10. The summed E-state index contributed by atoms with van der Waals surface area (Å²) in [7, 11) is 2.23. The molecule has 0 aromatic rings. The van der Waals surface area contributed by atoms with Gasteiger partial charge in [-0.05, 0) is 51.2 Å². The van der Waals surface area contributed by atoms with Gasteiger partial charge >= 0.3 is 0 Å². The van der Waals surface area contributed by atoms with Crippen LogP contribution in [0.15, 0.2) is 24.3 Å². The molecule has 1 unspecified atom stereocenters. The zero-order valence-electron chi connectivity index (χ0n) is 8.45. The van der Waals surface area contributed by atoms with Gasteiger partial charge in [-0.25, -0.2) is 0 Å². The SMILES string of the molecule is CN1CCC(C2C=CC=CC2)CC1. The van der Waals surface area contributed by atoms with Crippen molar-refractivity contribution in [1.82, 2.24) is 4.90 Å². The highest BCUT2D eigenvalue weighted by Crippen LogP contribution is 2.29. The third-order valence-electron chi connectivity index (χ3n) is 3.38. The molecule has 2 rings (SSSR count). The van der Waals surface area contributed by atoms with Crippen LogP contribution in [0.1, 0.15) is 19.3 Å². The third-order valence-corrected chi connectivity index (χ3v) is 3.38. The maximum absolute atomic E-state index is 2.44. The van der Waals surface area contributed by atoms with Crippen molar-refractivity contribution in [2.24, 2.45) is 11.8 Å². The first-order valence-corrected chi connectivity index (χ1v) is 5.38. The Hall–Kier alpha value is -0.560. The van der Waals surface area contributed by atoms with E-state index in [-0.39, 0.29) is 0 Å². The fourth-order valence-electron chi connectivity index (χ4n) is 2.41. The van der Waals surface area contributed by atoms with Crippen LogP contribution in [0.4, 0.5) is 0 Å². The van der Waals surface area contributed by atoms with Crippen LogP contribution in [-0.4, -0.2) is 25.0 Å². The first-order valence-electron chi connectivity index (χ1n) is 5.38. The molecule has 1 heteroatoms. The van der Waals surface area contributed by atoms with Gasteiger partial charge in [-0.3, -0.25) is 0 Å². The zero-order valence-corrected chi connectivity index (χ0v) is 8.45. The molecule has 2 aliphatic rings. The van der Waals surface area contributed by atoms with Crippen molar-refractivity contribution in [3.8, 4) is 0 Å². The second-order valence-electron chi connectivity index (χ2n) is 4.35. The van der Waals surface area contributed by atoms with Crippen molar-refractivity contribution >= 4 is 0 Å². The summed E-state index contributed by atoms with van der Waals surface area (Å²) in [4.78, 5) is 2.44. The number of likely N-dealkylation sites (tertiary alicyclic amines) is 1. The standard InChI is InChI=1S/C12H19N/c1-13-9-7-12(8-10-13)11-5-3-2-4-6-11/h2-5,11-12H,6-10H2,1H3. The summed E-state index contributed by atoms with van der Waals surface area (Å²) in [5, 5.41) is 0. The molecule has 1 saturated heterocycles. The van der Waals surface area contributed by atoms with Crippen LogP contribution < -0.4 is 0 Å². The van der Waals surface area contributed by atoms with Crippen molar-refractivity contribution in [1.29, 1.82) is 0 Å². The van der Waals surface area contributed by atoms with Crippen molar-refractivity contribution < 1.29 is 0 Å². The van der Waals surface area contributed by atoms with E-state index in [1.165, 1.54) is 32.4 Å². The van der Waals surface area contributed by atoms with E-state index in [9.17, 15) is 0 Å². The first-order chi connectivity index (χ1) is 6.36. The molecule has 0 saturated carbocycles. The summed E-state index contributed by atoms with van der Waals surface area (Å²) < 4.78 is 0. The number of allylic oxidation sites excluding steroid dienone is 4. The predicted octanol–water partition coefficient (Wildman–Crippen LogP) is 2.46. The van der Waals surface area contributed by atoms with Crippen LogP contribution in [0.5, 0.6) is 0 Å². The Morgan fingerprint density at radius 3 is 2.54 bits per heavy atom. The topological polar surface area (TPSA) is 3.24 Å². The molecule has 13 heavy (non-hydrogen) atoms. The van der Waals surface area contributed by atoms with Gasteiger partial charge in [-0.2, -0.15) is 0 Å². The van der Waals surface area contributed by atoms with Gasteiger partial charge in [0.1, 0.15) is 0 Å². The highest BCUT2D eigenvalue weighted by Gasteiger charge is 2.23. The molecule has 0 radical (unpaired) electrons. The van der Waals surface area contributed by atoms with E-state index in [1.54, 1.807) is 0 Å². The highest BCUT2D eigenvalue weighted by atomic mass is 15.1. The normalized spacial score (nSPS) is 31.0. The van der Waals surface area contributed by atoms with Crippen molar-refractivity contribution in [2.75, 3.05) is 20.1 Å². The lowest BCUT2D eigenvalue weighted by atomic mass is 9.81. The molecule has 0 N–H and O–H groups in total. The van der Waals surface area contributed by atoms with Gasteiger partial charge in [-0.15, -0.1) is 0 Å². The fraction of sp³-hybridized carbons (Fsp3) is 0.667. The number of rotatable bonds is 1. The molecule has 72 valence electrons. The average Bonchev–Trinajstić information content (AvgIpc) is 2.20. The number of hydrogen-bond acceptors (Lipinski definition) is 1. The van der Waals surface area contributed by atoms with E-state index in [0.717, 1.165) is 11.8 Å². The van der Waals surface area contributed by atoms with Crippen LogP contribution >= 0.6 is 0 Å². The van der Waals surface area contributed by atoms with E-state index in [0.29, 0.717) is 0 Å². The van der Waals surface area contributed by atoms with Gasteiger partial charge in [0.2, 0.25) is 0 Å². The number of piperidine rings is 1. The maximum Gasteiger partial charge on any atom is -0.00189 e. The van der Waals surface area contributed by atoms with E-state index in [1.807, 2.05) is 0 Å². The Labute approximate surface area is 81.1 Å². The summed E-state index contributed by atoms with van der Waals surface area (Å²) in [6.07, 6.45) is 13.1. The van der Waals surface area contributed by atoms with Gasteiger partial charge < -0.3 is 4.90 Å². The lowest BCUT2D eigenvalue weighted by Gasteiger charge is -2.33. The third kappa shape index (κ3) is 2.22. The lowest BCUT2D eigenvalue weighted by molar-refractivity contribution is 0.189. The van der Waals surface area contributed by atoms with E-state index in [4.69, 9.17) is 0 Å². The molecule has 1 aliphatic heterocycles. The molecule has 0 aromatic heterocycles. The van der Waals surface area contributed by atoms with Gasteiger partial charge in [0.15, 0.2) is 0 Å². The quantitative estimate of drug-likeness (QED) is 0.594. The van der Waals surface area contributed by atoms with Gasteiger partial charge in [-0.1, -0.05) is 24.3 Å². The lowest BCUT2D eigenvalue weighted by Crippen LogP contribution is -2.33. The van der Waals surface area contributed by atoms with Gasteiger partial charge in [0, 0.05) is 0 Å². The summed E-state index contributed by atoms with van der Waals surface area (Å²) in [6, 6.07) is 0. The van der Waals surface area contributed by atoms with Crippen LogP contribution in [-0.2, 0) is 0 Å². The second-order valence-corrected chi connectivity index (χ2v) is 4.35. The molecule has 1 atom stereocenters.